The second-order valence-corrected chi connectivity index (χ2v) is 6.87. The molecule has 0 aliphatic carbocycles. The highest BCUT2D eigenvalue weighted by Gasteiger charge is 2.31. The summed E-state index contributed by atoms with van der Waals surface area (Å²) in [5, 5.41) is 20.7. The molecule has 1 saturated heterocycles. The Kier molecular flexibility index (Phi) is 4.85. The molecule has 2 N–H and O–H groups in total. The van der Waals surface area contributed by atoms with E-state index >= 15 is 0 Å². The third kappa shape index (κ3) is 3.59. The Bertz CT molecular complexity index is 485. The maximum atomic E-state index is 10.2. The first-order chi connectivity index (χ1) is 9.29. The molecule has 1 aliphatic rings. The van der Waals surface area contributed by atoms with Gasteiger partial charge in [0, 0.05) is 23.7 Å². The number of hydrogen-bond donors (Lipinski definition) is 2. The number of likely N-dealkylation sites (tertiary alicyclic amines) is 1. The lowest BCUT2D eigenvalue weighted by molar-refractivity contribution is -0.0198. The molecule has 112 valence electrons. The summed E-state index contributed by atoms with van der Waals surface area (Å²) in [5.41, 5.74) is 0.0789. The van der Waals surface area contributed by atoms with Crippen LogP contribution in [0.3, 0.4) is 0 Å². The zero-order valence-corrected chi connectivity index (χ0v) is 13.4. The molecule has 0 amide bonds. The molecule has 0 radical (unpaired) electrons. The van der Waals surface area contributed by atoms with Crippen LogP contribution in [0, 0.1) is 5.92 Å². The van der Waals surface area contributed by atoms with Gasteiger partial charge in [-0.1, -0.05) is 23.2 Å². The van der Waals surface area contributed by atoms with Crippen LogP contribution in [0.1, 0.15) is 32.3 Å². The molecule has 5 heteroatoms. The van der Waals surface area contributed by atoms with Crippen molar-refractivity contribution in [2.24, 2.45) is 5.92 Å². The number of nitrogens with zero attached hydrogens (tertiary/aromatic N) is 1. The summed E-state index contributed by atoms with van der Waals surface area (Å²) in [4.78, 5) is 2.23. The van der Waals surface area contributed by atoms with E-state index < -0.39 is 5.60 Å². The minimum atomic E-state index is -0.676. The van der Waals surface area contributed by atoms with E-state index in [1.807, 2.05) is 13.8 Å². The van der Waals surface area contributed by atoms with E-state index in [2.05, 4.69) is 4.90 Å². The van der Waals surface area contributed by atoms with Gasteiger partial charge in [-0.25, -0.2) is 0 Å². The van der Waals surface area contributed by atoms with Gasteiger partial charge in [-0.15, -0.1) is 0 Å². The minimum Gasteiger partial charge on any atom is -0.506 e. The molecule has 1 aliphatic heterocycles. The first-order valence-corrected chi connectivity index (χ1v) is 7.65. The van der Waals surface area contributed by atoms with Crippen LogP contribution in [-0.4, -0.2) is 33.8 Å². The van der Waals surface area contributed by atoms with Crippen LogP contribution in [0.25, 0.3) is 0 Å². The Morgan fingerprint density at radius 3 is 2.70 bits per heavy atom. The van der Waals surface area contributed by atoms with Gasteiger partial charge < -0.3 is 10.2 Å². The number of piperidine rings is 1. The fourth-order valence-corrected chi connectivity index (χ4v) is 3.22. The summed E-state index contributed by atoms with van der Waals surface area (Å²) in [5.74, 6) is 0.299. The van der Waals surface area contributed by atoms with E-state index in [-0.39, 0.29) is 11.7 Å². The fourth-order valence-electron chi connectivity index (χ4n) is 2.73. The van der Waals surface area contributed by atoms with E-state index in [1.54, 1.807) is 6.07 Å². The number of aliphatic hydroxyl groups is 1. The third-order valence-electron chi connectivity index (χ3n) is 4.05. The zero-order chi connectivity index (χ0) is 14.9. The summed E-state index contributed by atoms with van der Waals surface area (Å²) in [6, 6.07) is 3.17. The molecule has 1 aromatic rings. The van der Waals surface area contributed by atoms with Crippen molar-refractivity contribution in [3.8, 4) is 5.75 Å². The Balaban J connectivity index is 2.13. The second-order valence-electron chi connectivity index (χ2n) is 6.09. The maximum Gasteiger partial charge on any atom is 0.134 e. The summed E-state index contributed by atoms with van der Waals surface area (Å²) in [6.45, 7) is 6.07. The van der Waals surface area contributed by atoms with Crippen molar-refractivity contribution in [1.82, 2.24) is 4.90 Å². The largest absolute Gasteiger partial charge is 0.506 e. The smallest absolute Gasteiger partial charge is 0.134 e. The standard InChI is InChI=1S/C15H21Cl2NO2/c1-15(2,20)10-4-3-7-18(8-10)9-11-12(16)5-6-13(19)14(11)17/h5-6,10,19-20H,3-4,7-9H2,1-2H3/t10-/m0/s1. The van der Waals surface area contributed by atoms with Gasteiger partial charge in [0.2, 0.25) is 0 Å². The molecule has 20 heavy (non-hydrogen) atoms. The molecule has 0 unspecified atom stereocenters. The van der Waals surface area contributed by atoms with Crippen LogP contribution in [0.2, 0.25) is 10.0 Å². The van der Waals surface area contributed by atoms with Gasteiger partial charge in [0.05, 0.1) is 10.6 Å². The monoisotopic (exact) mass is 317 g/mol. The zero-order valence-electron chi connectivity index (χ0n) is 11.9. The second kappa shape index (κ2) is 6.10. The number of phenols is 1. The van der Waals surface area contributed by atoms with E-state index in [0.29, 0.717) is 16.6 Å². The van der Waals surface area contributed by atoms with Gasteiger partial charge in [-0.2, -0.15) is 0 Å². The maximum absolute atomic E-state index is 10.2. The number of rotatable bonds is 3. The lowest BCUT2D eigenvalue weighted by Crippen LogP contribution is -2.44. The van der Waals surface area contributed by atoms with E-state index in [4.69, 9.17) is 23.2 Å². The van der Waals surface area contributed by atoms with Crippen molar-refractivity contribution in [3.63, 3.8) is 0 Å². The summed E-state index contributed by atoms with van der Waals surface area (Å²) >= 11 is 12.3. The molecule has 1 fully saturated rings. The summed E-state index contributed by atoms with van der Waals surface area (Å²) < 4.78 is 0. The van der Waals surface area contributed by atoms with Crippen molar-refractivity contribution in [3.05, 3.63) is 27.7 Å². The number of benzene rings is 1. The molecule has 0 aromatic heterocycles. The van der Waals surface area contributed by atoms with Gasteiger partial charge >= 0.3 is 0 Å². The van der Waals surface area contributed by atoms with E-state index in [0.717, 1.165) is 31.5 Å². The van der Waals surface area contributed by atoms with Gasteiger partial charge in [0.25, 0.3) is 0 Å². The lowest BCUT2D eigenvalue weighted by atomic mass is 9.84. The molecule has 2 rings (SSSR count). The molecule has 0 saturated carbocycles. The van der Waals surface area contributed by atoms with Gasteiger partial charge in [-0.05, 0) is 51.3 Å². The van der Waals surface area contributed by atoms with Crippen LogP contribution in [0.5, 0.6) is 5.75 Å². The molecular weight excluding hydrogens is 297 g/mol. The first-order valence-electron chi connectivity index (χ1n) is 6.89. The Morgan fingerprint density at radius 1 is 1.35 bits per heavy atom. The summed E-state index contributed by atoms with van der Waals surface area (Å²) in [6.07, 6.45) is 2.07. The number of hydrogen-bond acceptors (Lipinski definition) is 3. The third-order valence-corrected chi connectivity index (χ3v) is 4.83. The van der Waals surface area contributed by atoms with Crippen molar-refractivity contribution >= 4 is 23.2 Å². The number of halogens is 2. The highest BCUT2D eigenvalue weighted by atomic mass is 35.5. The highest BCUT2D eigenvalue weighted by molar-refractivity contribution is 6.36. The van der Waals surface area contributed by atoms with Crippen LogP contribution >= 0.6 is 23.2 Å². The highest BCUT2D eigenvalue weighted by Crippen LogP contribution is 2.35. The molecule has 1 atom stereocenters. The van der Waals surface area contributed by atoms with Crippen LogP contribution in [0.15, 0.2) is 12.1 Å². The molecule has 1 heterocycles. The van der Waals surface area contributed by atoms with Crippen LogP contribution in [0.4, 0.5) is 0 Å². The average Bonchev–Trinajstić information content (AvgIpc) is 2.39. The van der Waals surface area contributed by atoms with Gasteiger partial charge in [-0.3, -0.25) is 4.90 Å². The van der Waals surface area contributed by atoms with Crippen molar-refractivity contribution in [2.75, 3.05) is 13.1 Å². The molecule has 0 bridgehead atoms. The molecular formula is C15H21Cl2NO2. The Morgan fingerprint density at radius 2 is 2.05 bits per heavy atom. The molecule has 1 aromatic carbocycles. The quantitative estimate of drug-likeness (QED) is 0.893. The van der Waals surface area contributed by atoms with Gasteiger partial charge in [0.15, 0.2) is 0 Å². The van der Waals surface area contributed by atoms with Crippen LogP contribution in [-0.2, 0) is 6.54 Å². The van der Waals surface area contributed by atoms with E-state index in [9.17, 15) is 10.2 Å². The average molecular weight is 318 g/mol. The topological polar surface area (TPSA) is 43.7 Å². The first kappa shape index (κ1) is 15.9. The number of phenolic OH excluding ortho intramolecular Hbond substituents is 1. The van der Waals surface area contributed by atoms with Crippen molar-refractivity contribution < 1.29 is 10.2 Å². The minimum absolute atomic E-state index is 0.0575. The SMILES string of the molecule is CC(C)(O)[C@H]1CCCN(Cc2c(Cl)ccc(O)c2Cl)C1. The van der Waals surface area contributed by atoms with Crippen molar-refractivity contribution in [2.45, 2.75) is 38.8 Å². The fraction of sp³-hybridized carbons (Fsp3) is 0.600. The van der Waals surface area contributed by atoms with E-state index in [1.165, 1.54) is 6.07 Å². The predicted octanol–water partition coefficient (Wildman–Crippen LogP) is 3.68. The summed E-state index contributed by atoms with van der Waals surface area (Å²) in [7, 11) is 0. The van der Waals surface area contributed by atoms with Gasteiger partial charge in [0.1, 0.15) is 5.75 Å². The lowest BCUT2D eigenvalue weighted by Gasteiger charge is -2.39. The Labute approximate surface area is 130 Å². The predicted molar refractivity (Wildman–Crippen MR) is 82.4 cm³/mol. The normalized spacial score (nSPS) is 21.1. The van der Waals surface area contributed by atoms with Crippen molar-refractivity contribution in [1.29, 1.82) is 0 Å². The molecule has 0 spiro atoms. The van der Waals surface area contributed by atoms with Crippen LogP contribution < -0.4 is 0 Å². The number of aromatic hydroxyl groups is 1. The Hall–Kier alpha value is -0.480. The molecule has 3 nitrogen and oxygen atoms in total.